The number of carbonyl (C=O) groups excluding carboxylic acids is 1. The van der Waals surface area contributed by atoms with Crippen LogP contribution in [-0.2, 0) is 16.1 Å². The maximum Gasteiger partial charge on any atom is 0.338 e. The molecular weight excluding hydrogens is 562 g/mol. The summed E-state index contributed by atoms with van der Waals surface area (Å²) < 4.78 is 19.4. The summed E-state index contributed by atoms with van der Waals surface area (Å²) in [4.78, 5) is 34.4. The molecule has 0 fully saturated rings. The summed E-state index contributed by atoms with van der Waals surface area (Å²) in [6.07, 6.45) is 1.82. The lowest BCUT2D eigenvalue weighted by molar-refractivity contribution is -0.139. The lowest BCUT2D eigenvalue weighted by Gasteiger charge is -2.25. The van der Waals surface area contributed by atoms with Gasteiger partial charge in [-0.1, -0.05) is 59.9 Å². The van der Waals surface area contributed by atoms with Crippen molar-refractivity contribution in [1.29, 1.82) is 0 Å². The van der Waals surface area contributed by atoms with Crippen LogP contribution in [-0.4, -0.2) is 37.8 Å². The summed E-state index contributed by atoms with van der Waals surface area (Å²) in [6, 6.07) is 22.7. The zero-order valence-corrected chi connectivity index (χ0v) is 25.8. The van der Waals surface area contributed by atoms with Crippen molar-refractivity contribution in [2.24, 2.45) is 4.99 Å². The molecule has 9 heteroatoms. The molecule has 0 bridgehead atoms. The molecule has 2 heterocycles. The van der Waals surface area contributed by atoms with E-state index in [4.69, 9.17) is 14.2 Å². The quantitative estimate of drug-likeness (QED) is 0.243. The summed E-state index contributed by atoms with van der Waals surface area (Å²) in [7, 11) is 3.93. The van der Waals surface area contributed by atoms with Crippen LogP contribution in [0.1, 0.15) is 43.5 Å². The van der Waals surface area contributed by atoms with Gasteiger partial charge < -0.3 is 19.1 Å². The van der Waals surface area contributed by atoms with Crippen molar-refractivity contribution in [2.75, 3.05) is 32.2 Å². The second kappa shape index (κ2) is 13.1. The van der Waals surface area contributed by atoms with E-state index in [1.807, 2.05) is 105 Å². The third-order valence-corrected chi connectivity index (χ3v) is 8.03. The van der Waals surface area contributed by atoms with Crippen LogP contribution in [0.15, 0.2) is 93.9 Å². The number of fused-ring (bicyclic) bond motifs is 1. The molecule has 0 saturated carbocycles. The Morgan fingerprint density at radius 2 is 1.72 bits per heavy atom. The zero-order chi connectivity index (χ0) is 30.5. The van der Waals surface area contributed by atoms with Crippen LogP contribution in [0.2, 0.25) is 0 Å². The average Bonchev–Trinajstić information content (AvgIpc) is 3.30. The number of benzene rings is 3. The molecule has 0 spiro atoms. The fourth-order valence-corrected chi connectivity index (χ4v) is 6.00. The Bertz CT molecular complexity index is 1820. The van der Waals surface area contributed by atoms with Crippen molar-refractivity contribution in [2.45, 2.75) is 33.4 Å². The van der Waals surface area contributed by atoms with E-state index in [1.54, 1.807) is 18.4 Å². The van der Waals surface area contributed by atoms with Gasteiger partial charge in [0.15, 0.2) is 16.3 Å². The molecule has 0 radical (unpaired) electrons. The molecular formula is C34H35N3O5S. The summed E-state index contributed by atoms with van der Waals surface area (Å²) in [5.74, 6) is 0.742. The molecule has 1 aliphatic rings. The first-order valence-corrected chi connectivity index (χ1v) is 15.0. The van der Waals surface area contributed by atoms with E-state index in [1.165, 1.54) is 11.3 Å². The Morgan fingerprint density at radius 1 is 0.977 bits per heavy atom. The van der Waals surface area contributed by atoms with Crippen LogP contribution in [0.4, 0.5) is 5.69 Å². The predicted molar refractivity (Wildman–Crippen MR) is 170 cm³/mol. The van der Waals surface area contributed by atoms with E-state index >= 15 is 0 Å². The van der Waals surface area contributed by atoms with E-state index in [0.717, 1.165) is 22.4 Å². The number of nitrogens with zero attached hydrogens (tertiary/aromatic N) is 3. The monoisotopic (exact) mass is 597 g/mol. The number of allylic oxidation sites excluding steroid dienone is 1. The van der Waals surface area contributed by atoms with Gasteiger partial charge in [0.05, 0.1) is 35.1 Å². The van der Waals surface area contributed by atoms with Gasteiger partial charge in [-0.05, 0) is 67.8 Å². The van der Waals surface area contributed by atoms with Crippen molar-refractivity contribution in [3.63, 3.8) is 0 Å². The molecule has 1 aliphatic heterocycles. The highest BCUT2D eigenvalue weighted by Gasteiger charge is 2.33. The van der Waals surface area contributed by atoms with E-state index in [0.29, 0.717) is 45.3 Å². The third-order valence-electron chi connectivity index (χ3n) is 7.04. The molecule has 8 nitrogen and oxygen atoms in total. The number of thiazole rings is 1. The molecule has 222 valence electrons. The highest BCUT2D eigenvalue weighted by atomic mass is 32.1. The summed E-state index contributed by atoms with van der Waals surface area (Å²) >= 11 is 1.29. The van der Waals surface area contributed by atoms with Gasteiger partial charge in [0.2, 0.25) is 0 Å². The topological polar surface area (TPSA) is 82.4 Å². The Kier molecular flexibility index (Phi) is 9.11. The van der Waals surface area contributed by atoms with Crippen molar-refractivity contribution in [3.8, 4) is 11.5 Å². The number of rotatable bonds is 10. The van der Waals surface area contributed by atoms with Gasteiger partial charge in [-0.15, -0.1) is 0 Å². The van der Waals surface area contributed by atoms with Gasteiger partial charge in [0, 0.05) is 19.8 Å². The average molecular weight is 598 g/mol. The first-order chi connectivity index (χ1) is 20.8. The fourth-order valence-electron chi connectivity index (χ4n) is 4.95. The lowest BCUT2D eigenvalue weighted by atomic mass is 9.95. The number of anilines is 1. The van der Waals surface area contributed by atoms with E-state index < -0.39 is 12.0 Å². The highest BCUT2D eigenvalue weighted by Crippen LogP contribution is 2.32. The minimum atomic E-state index is -0.665. The standard InChI is InChI=1S/C34H35N3O5S/c1-6-40-28-19-24(13-18-27(28)42-21-23-11-9-8-10-12-23)20-29-32(38)37-31(25-14-16-26(17-15-25)36(4)5)30(33(39)41-7-2)22(3)35-34(37)43-29/h8-20,31H,6-7,21H2,1-5H3. The van der Waals surface area contributed by atoms with Crippen LogP contribution in [0, 0.1) is 0 Å². The normalized spacial score (nSPS) is 14.6. The maximum atomic E-state index is 14.0. The second-order valence-electron chi connectivity index (χ2n) is 10.2. The second-order valence-corrected chi connectivity index (χ2v) is 11.2. The Hall–Kier alpha value is -4.63. The van der Waals surface area contributed by atoms with Crippen molar-refractivity contribution >= 4 is 29.1 Å². The van der Waals surface area contributed by atoms with Crippen molar-refractivity contribution in [3.05, 3.63) is 120 Å². The molecule has 1 aromatic heterocycles. The van der Waals surface area contributed by atoms with Gasteiger partial charge in [0.25, 0.3) is 5.56 Å². The van der Waals surface area contributed by atoms with Gasteiger partial charge in [-0.3, -0.25) is 9.36 Å². The Labute approximate surface area is 254 Å². The molecule has 1 unspecified atom stereocenters. The molecule has 1 atom stereocenters. The number of hydrogen-bond acceptors (Lipinski definition) is 8. The Morgan fingerprint density at radius 3 is 2.40 bits per heavy atom. The molecule has 0 amide bonds. The predicted octanol–water partition coefficient (Wildman–Crippen LogP) is 4.84. The summed E-state index contributed by atoms with van der Waals surface area (Å²) in [5, 5.41) is 0. The van der Waals surface area contributed by atoms with Crippen LogP contribution >= 0.6 is 11.3 Å². The van der Waals surface area contributed by atoms with E-state index in [-0.39, 0.29) is 12.2 Å². The maximum absolute atomic E-state index is 14.0. The van der Waals surface area contributed by atoms with Crippen molar-refractivity contribution < 1.29 is 19.0 Å². The third kappa shape index (κ3) is 6.41. The highest BCUT2D eigenvalue weighted by molar-refractivity contribution is 7.07. The first kappa shape index (κ1) is 29.8. The zero-order valence-electron chi connectivity index (χ0n) is 25.0. The fraction of sp³-hybridized carbons (Fsp3) is 0.265. The molecule has 3 aromatic carbocycles. The van der Waals surface area contributed by atoms with Crippen molar-refractivity contribution in [1.82, 2.24) is 4.57 Å². The smallest absolute Gasteiger partial charge is 0.338 e. The number of carbonyl (C=O) groups is 1. The molecule has 5 rings (SSSR count). The van der Waals surface area contributed by atoms with E-state index in [9.17, 15) is 9.59 Å². The largest absolute Gasteiger partial charge is 0.490 e. The molecule has 4 aromatic rings. The minimum absolute atomic E-state index is 0.222. The van der Waals surface area contributed by atoms with Crippen LogP contribution in [0.25, 0.3) is 6.08 Å². The minimum Gasteiger partial charge on any atom is -0.490 e. The van der Waals surface area contributed by atoms with Gasteiger partial charge in [-0.25, -0.2) is 9.79 Å². The van der Waals surface area contributed by atoms with Gasteiger partial charge in [-0.2, -0.15) is 0 Å². The SMILES string of the molecule is CCOC(=O)C1=C(C)N=c2sc(=Cc3ccc(OCc4ccccc4)c(OCC)c3)c(=O)n2C1c1ccc(N(C)C)cc1. The summed E-state index contributed by atoms with van der Waals surface area (Å²) in [5.41, 5.74) is 4.31. The van der Waals surface area contributed by atoms with Gasteiger partial charge in [0.1, 0.15) is 6.61 Å². The van der Waals surface area contributed by atoms with Gasteiger partial charge >= 0.3 is 5.97 Å². The first-order valence-electron chi connectivity index (χ1n) is 14.2. The number of esters is 1. The molecule has 43 heavy (non-hydrogen) atoms. The Balaban J connectivity index is 1.56. The lowest BCUT2D eigenvalue weighted by Crippen LogP contribution is -2.39. The molecule has 0 saturated heterocycles. The van der Waals surface area contributed by atoms with Crippen LogP contribution < -0.4 is 29.3 Å². The van der Waals surface area contributed by atoms with E-state index in [2.05, 4.69) is 4.99 Å². The summed E-state index contributed by atoms with van der Waals surface area (Å²) in [6.45, 7) is 6.57. The van der Waals surface area contributed by atoms with Crippen LogP contribution in [0.3, 0.4) is 0 Å². The molecule has 0 aliphatic carbocycles. The number of hydrogen-bond donors (Lipinski definition) is 0. The van der Waals surface area contributed by atoms with Crippen LogP contribution in [0.5, 0.6) is 11.5 Å². The molecule has 0 N–H and O–H groups in total. The number of ether oxygens (including phenoxy) is 3. The number of aromatic nitrogens is 1.